The van der Waals surface area contributed by atoms with Gasteiger partial charge in [-0.15, -0.1) is 0 Å². The van der Waals surface area contributed by atoms with E-state index in [0.29, 0.717) is 30.9 Å². The van der Waals surface area contributed by atoms with Gasteiger partial charge < -0.3 is 9.84 Å². The summed E-state index contributed by atoms with van der Waals surface area (Å²) in [6.07, 6.45) is -1.12. The third-order valence-corrected chi connectivity index (χ3v) is 3.79. The van der Waals surface area contributed by atoms with Gasteiger partial charge >= 0.3 is 12.1 Å². The number of nitrogens with one attached hydrogen (secondary N) is 1. The van der Waals surface area contributed by atoms with Gasteiger partial charge in [0.25, 0.3) is 0 Å². The van der Waals surface area contributed by atoms with E-state index in [0.717, 1.165) is 18.4 Å². The van der Waals surface area contributed by atoms with Crippen molar-refractivity contribution in [2.75, 3.05) is 6.54 Å². The third kappa shape index (κ3) is 4.33. The van der Waals surface area contributed by atoms with Gasteiger partial charge in [0.1, 0.15) is 0 Å². The van der Waals surface area contributed by atoms with Crippen LogP contribution in [0.3, 0.4) is 0 Å². The quantitative estimate of drug-likeness (QED) is 0.877. The van der Waals surface area contributed by atoms with Gasteiger partial charge in [-0.2, -0.15) is 18.2 Å². The lowest BCUT2D eigenvalue weighted by Gasteiger charge is -2.05. The van der Waals surface area contributed by atoms with Gasteiger partial charge in [-0.1, -0.05) is 29.4 Å². The van der Waals surface area contributed by atoms with Crippen molar-refractivity contribution in [1.82, 2.24) is 15.5 Å². The van der Waals surface area contributed by atoms with E-state index in [-0.39, 0.29) is 11.7 Å². The molecule has 2 aromatic rings. The molecule has 24 heavy (non-hydrogen) atoms. The van der Waals surface area contributed by atoms with Crippen LogP contribution >= 0.6 is 0 Å². The lowest BCUT2D eigenvalue weighted by atomic mass is 10.1. The van der Waals surface area contributed by atoms with Crippen LogP contribution in [-0.2, 0) is 17.4 Å². The summed E-state index contributed by atoms with van der Waals surface area (Å²) in [4.78, 5) is 14.9. The molecule has 8 heteroatoms. The first-order chi connectivity index (χ1) is 11.4. The van der Waals surface area contributed by atoms with Crippen LogP contribution < -0.4 is 5.32 Å². The number of halogens is 3. The highest BCUT2D eigenvalue weighted by Gasteiger charge is 2.38. The highest BCUT2D eigenvalue weighted by Crippen LogP contribution is 2.32. The number of benzene rings is 1. The highest BCUT2D eigenvalue weighted by molar-refractivity contribution is 5.76. The maximum absolute atomic E-state index is 12.4. The largest absolute Gasteiger partial charge is 0.471 e. The molecule has 0 spiro atoms. The number of aromatic nitrogens is 2. The molecule has 0 radical (unpaired) electrons. The van der Waals surface area contributed by atoms with E-state index < -0.39 is 12.1 Å². The summed E-state index contributed by atoms with van der Waals surface area (Å²) in [5.41, 5.74) is 1.40. The Morgan fingerprint density at radius 2 is 1.96 bits per heavy atom. The van der Waals surface area contributed by atoms with Crippen molar-refractivity contribution in [3.63, 3.8) is 0 Å². The van der Waals surface area contributed by atoms with E-state index in [9.17, 15) is 18.0 Å². The summed E-state index contributed by atoms with van der Waals surface area (Å²) in [6, 6.07) is 6.80. The number of alkyl halides is 3. The summed E-state index contributed by atoms with van der Waals surface area (Å²) in [6.45, 7) is 0.533. The van der Waals surface area contributed by atoms with E-state index in [1.165, 1.54) is 0 Å². The van der Waals surface area contributed by atoms with Gasteiger partial charge in [0, 0.05) is 18.5 Å². The molecule has 0 aliphatic heterocycles. The molecule has 1 heterocycles. The van der Waals surface area contributed by atoms with E-state index in [1.54, 1.807) is 24.3 Å². The molecule has 128 valence electrons. The molecule has 0 saturated heterocycles. The normalized spacial score (nSPS) is 14.6. The fraction of sp³-hybridized carbons (Fsp3) is 0.438. The molecular formula is C16H16F3N3O2. The van der Waals surface area contributed by atoms with Gasteiger partial charge in [0.15, 0.2) is 0 Å². The molecule has 0 atom stereocenters. The van der Waals surface area contributed by atoms with Gasteiger partial charge in [-0.3, -0.25) is 4.79 Å². The van der Waals surface area contributed by atoms with Gasteiger partial charge in [-0.25, -0.2) is 0 Å². The average molecular weight is 339 g/mol. The van der Waals surface area contributed by atoms with Gasteiger partial charge in [0.05, 0.1) is 0 Å². The Morgan fingerprint density at radius 1 is 1.25 bits per heavy atom. The summed E-state index contributed by atoms with van der Waals surface area (Å²) >= 11 is 0. The number of rotatable bonds is 6. The lowest BCUT2D eigenvalue weighted by molar-refractivity contribution is -0.159. The maximum Gasteiger partial charge on any atom is 0.471 e. The number of carbonyl (C=O) groups is 1. The van der Waals surface area contributed by atoms with Crippen LogP contribution in [0.5, 0.6) is 0 Å². The lowest BCUT2D eigenvalue weighted by Crippen LogP contribution is -2.25. The first-order valence-corrected chi connectivity index (χ1v) is 7.69. The monoisotopic (exact) mass is 339 g/mol. The van der Waals surface area contributed by atoms with Gasteiger partial charge in [0.2, 0.25) is 11.7 Å². The zero-order valence-corrected chi connectivity index (χ0v) is 12.8. The van der Waals surface area contributed by atoms with Crippen LogP contribution in [-0.4, -0.2) is 22.6 Å². The molecule has 1 aromatic heterocycles. The van der Waals surface area contributed by atoms with E-state index >= 15 is 0 Å². The Kier molecular flexibility index (Phi) is 4.55. The van der Waals surface area contributed by atoms with Crippen molar-refractivity contribution < 1.29 is 22.5 Å². The molecule has 5 nitrogen and oxygen atoms in total. The maximum atomic E-state index is 12.4. The smallest absolute Gasteiger partial charge is 0.356 e. The van der Waals surface area contributed by atoms with Crippen molar-refractivity contribution >= 4 is 5.91 Å². The summed E-state index contributed by atoms with van der Waals surface area (Å²) in [5, 5.41) is 6.20. The van der Waals surface area contributed by atoms with Crippen LogP contribution in [0.4, 0.5) is 13.2 Å². The molecule has 3 rings (SSSR count). The molecule has 0 unspecified atom stereocenters. The number of nitrogens with zero attached hydrogens (tertiary/aromatic N) is 2. The van der Waals surface area contributed by atoms with Crippen LogP contribution in [0.1, 0.15) is 30.7 Å². The van der Waals surface area contributed by atoms with E-state index in [2.05, 4.69) is 20.0 Å². The van der Waals surface area contributed by atoms with Crippen LogP contribution in [0.2, 0.25) is 0 Å². The number of hydrogen-bond acceptors (Lipinski definition) is 4. The summed E-state index contributed by atoms with van der Waals surface area (Å²) in [7, 11) is 0. The van der Waals surface area contributed by atoms with Crippen molar-refractivity contribution in [2.24, 2.45) is 5.92 Å². The SMILES string of the molecule is O=C(CC1CC1)NCCc1ccc(-c2noc(C(F)(F)F)n2)cc1. The van der Waals surface area contributed by atoms with Crippen molar-refractivity contribution in [1.29, 1.82) is 0 Å². The predicted molar refractivity (Wildman–Crippen MR) is 78.8 cm³/mol. The molecule has 1 aliphatic rings. The molecule has 1 N–H and O–H groups in total. The fourth-order valence-electron chi connectivity index (χ4n) is 2.28. The van der Waals surface area contributed by atoms with Crippen LogP contribution in [0, 0.1) is 5.92 Å². The molecule has 1 saturated carbocycles. The second-order valence-electron chi connectivity index (χ2n) is 5.87. The number of amides is 1. The Bertz CT molecular complexity index is 706. The second-order valence-corrected chi connectivity index (χ2v) is 5.87. The molecular weight excluding hydrogens is 323 g/mol. The molecule has 1 amide bonds. The third-order valence-electron chi connectivity index (χ3n) is 3.79. The van der Waals surface area contributed by atoms with E-state index in [1.807, 2.05) is 0 Å². The minimum atomic E-state index is -4.65. The van der Waals surface area contributed by atoms with Crippen molar-refractivity contribution in [3.8, 4) is 11.4 Å². The van der Waals surface area contributed by atoms with Crippen molar-refractivity contribution in [2.45, 2.75) is 31.9 Å². The Hall–Kier alpha value is -2.38. The van der Waals surface area contributed by atoms with Crippen LogP contribution in [0.15, 0.2) is 28.8 Å². The summed E-state index contributed by atoms with van der Waals surface area (Å²) < 4.78 is 41.5. The topological polar surface area (TPSA) is 68.0 Å². The van der Waals surface area contributed by atoms with Crippen LogP contribution in [0.25, 0.3) is 11.4 Å². The highest BCUT2D eigenvalue weighted by atomic mass is 19.4. The van der Waals surface area contributed by atoms with E-state index in [4.69, 9.17) is 0 Å². The Morgan fingerprint density at radius 3 is 2.54 bits per heavy atom. The number of carbonyl (C=O) groups excluding carboxylic acids is 1. The molecule has 1 fully saturated rings. The van der Waals surface area contributed by atoms with Gasteiger partial charge in [-0.05, 0) is 30.7 Å². The zero-order valence-electron chi connectivity index (χ0n) is 12.8. The first-order valence-electron chi connectivity index (χ1n) is 7.69. The minimum absolute atomic E-state index is 0.0700. The van der Waals surface area contributed by atoms with Crippen molar-refractivity contribution in [3.05, 3.63) is 35.7 Å². The Labute approximate surface area is 136 Å². The fourth-order valence-corrected chi connectivity index (χ4v) is 2.28. The average Bonchev–Trinajstić information content (AvgIpc) is 3.18. The standard InChI is InChI=1S/C16H16F3N3O2/c17-16(18,19)15-21-14(22-24-15)12-5-3-10(4-6-12)7-8-20-13(23)9-11-1-2-11/h3-6,11H,1-2,7-9H2,(H,20,23). The number of hydrogen-bond donors (Lipinski definition) is 1. The first kappa shape index (κ1) is 16.5. The molecule has 1 aromatic carbocycles. The second kappa shape index (κ2) is 6.62. The predicted octanol–water partition coefficient (Wildman–Crippen LogP) is 3.21. The molecule has 1 aliphatic carbocycles. The molecule has 0 bridgehead atoms. The summed E-state index contributed by atoms with van der Waals surface area (Å²) in [5.74, 6) is -0.840. The Balaban J connectivity index is 1.53. The minimum Gasteiger partial charge on any atom is -0.356 e. The zero-order chi connectivity index (χ0) is 17.2.